The Morgan fingerprint density at radius 1 is 0.806 bits per heavy atom. The molecule has 1 unspecified atom stereocenters. The van der Waals surface area contributed by atoms with Crippen molar-refractivity contribution in [3.05, 3.63) is 12.2 Å². The molecule has 5 saturated carbocycles. The molecule has 0 heterocycles. The maximum atomic E-state index is 10.9. The molecule has 10 atom stereocenters. The first-order valence-electron chi connectivity index (χ1n) is 13.4. The maximum Gasteiger partial charge on any atom is 0.0594 e. The van der Waals surface area contributed by atoms with Crippen LogP contribution >= 0.6 is 0 Å². The average molecular weight is 428 g/mol. The molecule has 0 aliphatic heterocycles. The standard InChI is InChI=1S/C29H49NO/c1-18(2)19-10-15-29(30)17-16-27(6)20(24(19)29)8-9-22-26(5)13-12-23(31)25(3,4)21(26)11-14-28(22,27)7/h19-24,31H,1,8-17,30H2,2-7H3/t19-,20+,21?,22+,23-,24+,26-,27+,28+,29-/m0/s1. The van der Waals surface area contributed by atoms with E-state index in [0.29, 0.717) is 34.0 Å². The molecule has 5 aliphatic carbocycles. The summed E-state index contributed by atoms with van der Waals surface area (Å²) in [6, 6.07) is 0. The van der Waals surface area contributed by atoms with Crippen molar-refractivity contribution in [3.8, 4) is 0 Å². The van der Waals surface area contributed by atoms with Gasteiger partial charge in [0.25, 0.3) is 0 Å². The van der Waals surface area contributed by atoms with Gasteiger partial charge in [0.05, 0.1) is 6.10 Å². The van der Waals surface area contributed by atoms with E-state index in [9.17, 15) is 5.11 Å². The van der Waals surface area contributed by atoms with Crippen molar-refractivity contribution in [1.29, 1.82) is 0 Å². The zero-order valence-corrected chi connectivity index (χ0v) is 21.3. The Morgan fingerprint density at radius 3 is 2.19 bits per heavy atom. The second-order valence-corrected chi connectivity index (χ2v) is 14.3. The zero-order valence-electron chi connectivity index (χ0n) is 21.3. The lowest BCUT2D eigenvalue weighted by Crippen LogP contribution is -2.68. The SMILES string of the molecule is C=C(C)[C@@H]1CC[C@]2(N)CC[C@]3(C)[C@H](CC[C@@H]4[C@@]5(C)CC[C@H](O)C(C)(C)C5CC[C@]43C)[C@@H]12. The van der Waals surface area contributed by atoms with Gasteiger partial charge >= 0.3 is 0 Å². The van der Waals surface area contributed by atoms with E-state index in [1.165, 1.54) is 63.4 Å². The zero-order chi connectivity index (χ0) is 22.6. The summed E-state index contributed by atoms with van der Waals surface area (Å²) >= 11 is 0. The summed E-state index contributed by atoms with van der Waals surface area (Å²) in [7, 11) is 0. The van der Waals surface area contributed by atoms with Gasteiger partial charge in [-0.3, -0.25) is 0 Å². The molecule has 31 heavy (non-hydrogen) atoms. The molecule has 2 heteroatoms. The van der Waals surface area contributed by atoms with E-state index in [0.717, 1.165) is 18.3 Å². The molecule has 176 valence electrons. The highest BCUT2D eigenvalue weighted by atomic mass is 16.3. The van der Waals surface area contributed by atoms with E-state index in [1.807, 2.05) is 0 Å². The number of allylic oxidation sites excluding steroid dienone is 1. The van der Waals surface area contributed by atoms with E-state index in [1.54, 1.807) is 0 Å². The molecule has 3 N–H and O–H groups in total. The number of hydrogen-bond acceptors (Lipinski definition) is 2. The molecular formula is C29H49NO. The van der Waals surface area contributed by atoms with Gasteiger partial charge in [0.2, 0.25) is 0 Å². The van der Waals surface area contributed by atoms with Crippen molar-refractivity contribution < 1.29 is 5.11 Å². The van der Waals surface area contributed by atoms with E-state index >= 15 is 0 Å². The van der Waals surface area contributed by atoms with Crippen LogP contribution in [0.2, 0.25) is 0 Å². The largest absolute Gasteiger partial charge is 0.393 e. The molecule has 5 fully saturated rings. The Kier molecular flexibility index (Phi) is 4.80. The van der Waals surface area contributed by atoms with Crippen LogP contribution in [0.5, 0.6) is 0 Å². The molecule has 2 nitrogen and oxygen atoms in total. The summed E-state index contributed by atoms with van der Waals surface area (Å²) in [5.41, 5.74) is 9.80. The Hall–Kier alpha value is -0.340. The summed E-state index contributed by atoms with van der Waals surface area (Å²) in [6.45, 7) is 19.4. The minimum atomic E-state index is -0.135. The second kappa shape index (κ2) is 6.62. The van der Waals surface area contributed by atoms with Gasteiger partial charge in [-0.1, -0.05) is 46.8 Å². The third-order valence-corrected chi connectivity index (χ3v) is 13.1. The fourth-order valence-electron chi connectivity index (χ4n) is 11.2. The number of rotatable bonds is 1. The van der Waals surface area contributed by atoms with E-state index < -0.39 is 0 Å². The predicted octanol–water partition coefficient (Wildman–Crippen LogP) is 6.72. The molecule has 0 bridgehead atoms. The molecule has 0 aromatic carbocycles. The van der Waals surface area contributed by atoms with Crippen LogP contribution in [0, 0.1) is 51.2 Å². The normalized spacial score (nSPS) is 57.9. The van der Waals surface area contributed by atoms with Crippen LogP contribution in [-0.4, -0.2) is 16.7 Å². The number of aliphatic hydroxyl groups excluding tert-OH is 1. The van der Waals surface area contributed by atoms with Crippen LogP contribution in [0.3, 0.4) is 0 Å². The summed E-state index contributed by atoms with van der Waals surface area (Å²) in [4.78, 5) is 0. The quantitative estimate of drug-likeness (QED) is 0.456. The highest BCUT2D eigenvalue weighted by molar-refractivity contribution is 5.23. The van der Waals surface area contributed by atoms with Crippen LogP contribution in [0.1, 0.15) is 106 Å². The molecule has 0 aromatic heterocycles. The first-order valence-corrected chi connectivity index (χ1v) is 13.4. The minimum Gasteiger partial charge on any atom is -0.393 e. The van der Waals surface area contributed by atoms with Crippen molar-refractivity contribution in [1.82, 2.24) is 0 Å². The molecule has 5 aliphatic rings. The lowest BCUT2D eigenvalue weighted by atomic mass is 9.32. The molecule has 0 amide bonds. The molecule has 0 saturated heterocycles. The van der Waals surface area contributed by atoms with Crippen LogP contribution in [0.15, 0.2) is 12.2 Å². The topological polar surface area (TPSA) is 46.2 Å². The summed E-state index contributed by atoms with van der Waals surface area (Å²) in [5, 5.41) is 10.9. The maximum absolute atomic E-state index is 10.9. The lowest BCUT2D eigenvalue weighted by Gasteiger charge is -2.72. The van der Waals surface area contributed by atoms with E-state index in [4.69, 9.17) is 5.73 Å². The van der Waals surface area contributed by atoms with Crippen molar-refractivity contribution in [2.75, 3.05) is 0 Å². The number of nitrogens with two attached hydrogens (primary N) is 1. The van der Waals surface area contributed by atoms with Crippen molar-refractivity contribution in [3.63, 3.8) is 0 Å². The summed E-state index contributed by atoms with van der Waals surface area (Å²) in [6.07, 6.45) is 12.4. The predicted molar refractivity (Wildman–Crippen MR) is 129 cm³/mol. The highest BCUT2D eigenvalue weighted by Crippen LogP contribution is 2.76. The minimum absolute atomic E-state index is 0.0432. The fraction of sp³-hybridized carbons (Fsp3) is 0.931. The lowest BCUT2D eigenvalue weighted by molar-refractivity contribution is -0.242. The van der Waals surface area contributed by atoms with Gasteiger partial charge in [0, 0.05) is 5.54 Å². The Balaban J connectivity index is 1.54. The molecule has 0 aromatic rings. The van der Waals surface area contributed by atoms with E-state index in [-0.39, 0.29) is 17.1 Å². The fourth-order valence-corrected chi connectivity index (χ4v) is 11.2. The second-order valence-electron chi connectivity index (χ2n) is 14.3. The van der Waals surface area contributed by atoms with Gasteiger partial charge in [-0.15, -0.1) is 0 Å². The van der Waals surface area contributed by atoms with Gasteiger partial charge in [0.15, 0.2) is 0 Å². The van der Waals surface area contributed by atoms with Crippen LogP contribution in [-0.2, 0) is 0 Å². The number of fused-ring (bicyclic) bond motifs is 7. The van der Waals surface area contributed by atoms with E-state index in [2.05, 4.69) is 48.1 Å². The third-order valence-electron chi connectivity index (χ3n) is 13.1. The number of hydrogen-bond donors (Lipinski definition) is 2. The van der Waals surface area contributed by atoms with Crippen molar-refractivity contribution >= 4 is 0 Å². The molecule has 0 spiro atoms. The Morgan fingerprint density at radius 2 is 1.52 bits per heavy atom. The molecule has 0 radical (unpaired) electrons. The van der Waals surface area contributed by atoms with Crippen molar-refractivity contribution in [2.24, 2.45) is 57.0 Å². The van der Waals surface area contributed by atoms with Gasteiger partial charge in [0.1, 0.15) is 0 Å². The van der Waals surface area contributed by atoms with Crippen LogP contribution < -0.4 is 5.73 Å². The van der Waals surface area contributed by atoms with Gasteiger partial charge in [-0.2, -0.15) is 0 Å². The molecule has 5 rings (SSSR count). The van der Waals surface area contributed by atoms with Crippen molar-refractivity contribution in [2.45, 2.75) is 117 Å². The first-order chi connectivity index (χ1) is 14.3. The highest BCUT2D eigenvalue weighted by Gasteiger charge is 2.70. The first kappa shape index (κ1) is 22.5. The van der Waals surface area contributed by atoms with Crippen LogP contribution in [0.4, 0.5) is 0 Å². The van der Waals surface area contributed by atoms with Gasteiger partial charge in [-0.05, 0) is 122 Å². The van der Waals surface area contributed by atoms with Gasteiger partial charge < -0.3 is 10.8 Å². The Labute approximate surface area is 191 Å². The Bertz CT molecular complexity index is 773. The smallest absolute Gasteiger partial charge is 0.0594 e. The van der Waals surface area contributed by atoms with Gasteiger partial charge in [-0.25, -0.2) is 0 Å². The summed E-state index contributed by atoms with van der Waals surface area (Å²) in [5.74, 6) is 3.44. The summed E-state index contributed by atoms with van der Waals surface area (Å²) < 4.78 is 0. The average Bonchev–Trinajstić information content (AvgIpc) is 3.04. The van der Waals surface area contributed by atoms with Crippen LogP contribution in [0.25, 0.3) is 0 Å². The molecular weight excluding hydrogens is 378 g/mol. The third kappa shape index (κ3) is 2.64. The monoisotopic (exact) mass is 427 g/mol. The number of aliphatic hydroxyl groups is 1.